The number of hydrogen-bond donors (Lipinski definition) is 4. The fourth-order valence-electron chi connectivity index (χ4n) is 8.09. The number of aromatic amines is 1. The normalized spacial score (nSPS) is 15.7. The smallest absolute Gasteiger partial charge is 0.303 e. The molecule has 324 valence electrons. The van der Waals surface area contributed by atoms with Gasteiger partial charge in [0.25, 0.3) is 5.91 Å². The molecule has 2 amide bonds. The minimum atomic E-state index is -3.78. The van der Waals surface area contributed by atoms with Gasteiger partial charge in [0.2, 0.25) is 5.91 Å². The summed E-state index contributed by atoms with van der Waals surface area (Å²) in [7, 11) is -3.78. The van der Waals surface area contributed by atoms with Gasteiger partial charge in [0.05, 0.1) is 16.9 Å². The molecule has 4 heterocycles. The predicted octanol–water partition coefficient (Wildman–Crippen LogP) is 6.63. The van der Waals surface area contributed by atoms with E-state index < -0.39 is 32.5 Å². The summed E-state index contributed by atoms with van der Waals surface area (Å²) in [5.74, 6) is -0.276. The molecule has 0 bridgehead atoms. The lowest BCUT2D eigenvalue weighted by Crippen LogP contribution is -2.45. The van der Waals surface area contributed by atoms with Gasteiger partial charge in [-0.3, -0.25) is 19.5 Å². The number of ether oxygens (including phenoxy) is 1. The fraction of sp³-hybridized carbons (Fsp3) is 0.545. The number of amides is 2. The standard InChI is InChI=1S/C44H60N8O7S/c1-28-29(2)49-50-41(28)48-42-33-23-38(60(57,58)44(3,4)5)37(24-35(33)46-27-47-42)59-26-30-18-21-51(22-19-30)20-11-9-7-6-8-10-13-31-14-12-15-32-34(31)25-52(43(32)56)36(40(45)55)16-17-39(53)54/h12,14-15,23-24,27,30,36H,6-11,13,16-22,25-26H2,1-5H3,(H2,45,55)(H,53,54)(H2,46,47,48,49,50). The topological polar surface area (TPSA) is 214 Å². The Balaban J connectivity index is 0.934. The maximum absolute atomic E-state index is 13.9. The maximum Gasteiger partial charge on any atom is 0.303 e. The second kappa shape index (κ2) is 19.1. The molecule has 16 heteroatoms. The Hall–Kier alpha value is -5.09. The molecule has 0 aliphatic carbocycles. The van der Waals surface area contributed by atoms with Crippen LogP contribution in [0, 0.1) is 19.8 Å². The van der Waals surface area contributed by atoms with Crippen molar-refractivity contribution in [2.45, 2.75) is 127 Å². The van der Waals surface area contributed by atoms with Gasteiger partial charge in [0, 0.05) is 41.2 Å². The summed E-state index contributed by atoms with van der Waals surface area (Å²) in [6, 6.07) is 8.09. The van der Waals surface area contributed by atoms with Crippen molar-refractivity contribution < 1.29 is 32.6 Å². The number of aliphatic carboxylic acids is 1. The number of nitrogens with zero attached hydrogens (tertiary/aromatic N) is 5. The number of unbranched alkanes of at least 4 members (excludes halogenated alkanes) is 5. The number of carbonyl (C=O) groups is 3. The third-order valence-electron chi connectivity index (χ3n) is 12.1. The first kappa shape index (κ1) is 44.5. The Morgan fingerprint density at radius 3 is 2.42 bits per heavy atom. The number of aryl methyl sites for hydroxylation is 2. The summed E-state index contributed by atoms with van der Waals surface area (Å²) in [6.07, 6.45) is 10.7. The van der Waals surface area contributed by atoms with E-state index in [4.69, 9.17) is 15.6 Å². The van der Waals surface area contributed by atoms with Crippen LogP contribution in [0.2, 0.25) is 0 Å². The number of H-pyrrole nitrogens is 1. The van der Waals surface area contributed by atoms with E-state index in [2.05, 4.69) is 30.4 Å². The van der Waals surface area contributed by atoms with Gasteiger partial charge in [0.15, 0.2) is 15.7 Å². The number of primary amides is 1. The summed E-state index contributed by atoms with van der Waals surface area (Å²) >= 11 is 0. The zero-order chi connectivity index (χ0) is 43.2. The minimum Gasteiger partial charge on any atom is -0.492 e. The van der Waals surface area contributed by atoms with Gasteiger partial charge in [-0.05, 0) is 122 Å². The Morgan fingerprint density at radius 1 is 1.03 bits per heavy atom. The second-order valence-corrected chi connectivity index (χ2v) is 20.0. The van der Waals surface area contributed by atoms with Crippen molar-refractivity contribution in [2.75, 3.05) is 31.6 Å². The van der Waals surface area contributed by atoms with E-state index in [1.54, 1.807) is 39.0 Å². The van der Waals surface area contributed by atoms with Crippen LogP contribution in [-0.4, -0.2) is 98.3 Å². The summed E-state index contributed by atoms with van der Waals surface area (Å²) < 4.78 is 33.2. The summed E-state index contributed by atoms with van der Waals surface area (Å²) in [4.78, 5) is 49.3. The monoisotopic (exact) mass is 844 g/mol. The van der Waals surface area contributed by atoms with Gasteiger partial charge in [-0.2, -0.15) is 5.10 Å². The lowest BCUT2D eigenvalue weighted by molar-refractivity contribution is -0.137. The SMILES string of the molecule is Cc1[nH]nc(Nc2ncnc3cc(OCC4CCN(CCCCCCCCc5cccc6c5CN(C(CCC(=O)O)C(N)=O)C6=O)CC4)c(S(=O)(=O)C(C)(C)C)cc23)c1C. The molecule has 0 spiro atoms. The van der Waals surface area contributed by atoms with E-state index >= 15 is 0 Å². The molecule has 1 fully saturated rings. The van der Waals surface area contributed by atoms with E-state index in [9.17, 15) is 22.8 Å². The van der Waals surface area contributed by atoms with E-state index in [0.29, 0.717) is 46.4 Å². The lowest BCUT2D eigenvalue weighted by Gasteiger charge is -2.32. The number of nitrogens with two attached hydrogens (primary N) is 1. The highest BCUT2D eigenvalue weighted by atomic mass is 32.2. The van der Waals surface area contributed by atoms with Crippen LogP contribution in [0.3, 0.4) is 0 Å². The highest BCUT2D eigenvalue weighted by molar-refractivity contribution is 7.92. The van der Waals surface area contributed by atoms with Crippen LogP contribution in [0.1, 0.15) is 118 Å². The molecule has 5 N–H and O–H groups in total. The van der Waals surface area contributed by atoms with E-state index in [1.807, 2.05) is 26.0 Å². The third-order valence-corrected chi connectivity index (χ3v) is 14.6. The van der Waals surface area contributed by atoms with Crippen molar-refractivity contribution in [1.82, 2.24) is 30.0 Å². The fourth-order valence-corrected chi connectivity index (χ4v) is 9.41. The molecule has 2 aliphatic rings. The van der Waals surface area contributed by atoms with Gasteiger partial charge in [-0.1, -0.05) is 37.8 Å². The Labute approximate surface area is 352 Å². The van der Waals surface area contributed by atoms with Crippen molar-refractivity contribution >= 4 is 50.2 Å². The lowest BCUT2D eigenvalue weighted by atomic mass is 9.97. The third kappa shape index (κ3) is 10.3. The number of anilines is 2. The Morgan fingerprint density at radius 2 is 1.75 bits per heavy atom. The largest absolute Gasteiger partial charge is 0.492 e. The van der Waals surface area contributed by atoms with Crippen LogP contribution in [0.25, 0.3) is 10.9 Å². The first-order chi connectivity index (χ1) is 28.5. The molecule has 4 aromatic rings. The number of benzene rings is 2. The van der Waals surface area contributed by atoms with Crippen molar-refractivity contribution in [3.63, 3.8) is 0 Å². The molecule has 0 saturated carbocycles. The summed E-state index contributed by atoms with van der Waals surface area (Å²) in [5, 5.41) is 20.2. The van der Waals surface area contributed by atoms with Gasteiger partial charge >= 0.3 is 5.97 Å². The zero-order valence-corrected chi connectivity index (χ0v) is 36.4. The number of rotatable bonds is 20. The number of carboxylic acid groups (broad SMARTS) is 1. The number of sulfone groups is 1. The Kier molecular flexibility index (Phi) is 14.1. The van der Waals surface area contributed by atoms with Crippen LogP contribution >= 0.6 is 0 Å². The zero-order valence-electron chi connectivity index (χ0n) is 35.6. The molecular formula is C44H60N8O7S. The summed E-state index contributed by atoms with van der Waals surface area (Å²) in [6.45, 7) is 12.7. The number of likely N-dealkylation sites (tertiary alicyclic amines) is 1. The number of fused-ring (bicyclic) bond motifs is 2. The van der Waals surface area contributed by atoms with Crippen LogP contribution < -0.4 is 15.8 Å². The molecule has 1 atom stereocenters. The molecular weight excluding hydrogens is 785 g/mol. The highest BCUT2D eigenvalue weighted by Gasteiger charge is 2.37. The van der Waals surface area contributed by atoms with E-state index in [0.717, 1.165) is 99.8 Å². The average molecular weight is 845 g/mol. The Bertz CT molecular complexity index is 2300. The first-order valence-electron chi connectivity index (χ1n) is 21.1. The number of nitrogens with one attached hydrogen (secondary N) is 2. The molecule has 15 nitrogen and oxygen atoms in total. The molecule has 0 radical (unpaired) electrons. The number of carbonyl (C=O) groups excluding carboxylic acids is 2. The molecule has 2 aromatic heterocycles. The van der Waals surface area contributed by atoms with E-state index in [1.165, 1.54) is 11.2 Å². The molecule has 2 aromatic carbocycles. The first-order valence-corrected chi connectivity index (χ1v) is 22.6. The molecule has 1 saturated heterocycles. The quantitative estimate of drug-likeness (QED) is 0.0690. The highest BCUT2D eigenvalue weighted by Crippen LogP contribution is 2.38. The van der Waals surface area contributed by atoms with Crippen LogP contribution in [-0.2, 0) is 32.4 Å². The number of piperidine rings is 1. The predicted molar refractivity (Wildman–Crippen MR) is 230 cm³/mol. The second-order valence-electron chi connectivity index (χ2n) is 17.3. The molecule has 6 rings (SSSR count). The van der Waals surface area contributed by atoms with Crippen LogP contribution in [0.5, 0.6) is 5.75 Å². The van der Waals surface area contributed by atoms with Crippen molar-refractivity contribution in [3.8, 4) is 5.75 Å². The average Bonchev–Trinajstić information content (AvgIpc) is 3.71. The molecule has 60 heavy (non-hydrogen) atoms. The maximum atomic E-state index is 13.9. The van der Waals surface area contributed by atoms with E-state index in [-0.39, 0.29) is 30.2 Å². The van der Waals surface area contributed by atoms with Gasteiger partial charge in [-0.15, -0.1) is 0 Å². The van der Waals surface area contributed by atoms with Gasteiger partial charge in [0.1, 0.15) is 28.8 Å². The van der Waals surface area contributed by atoms with Gasteiger partial charge < -0.3 is 30.7 Å². The van der Waals surface area contributed by atoms with Crippen molar-refractivity contribution in [1.29, 1.82) is 0 Å². The van der Waals surface area contributed by atoms with Crippen LogP contribution in [0.4, 0.5) is 11.6 Å². The number of aromatic nitrogens is 4. The molecule has 2 aliphatic heterocycles. The van der Waals surface area contributed by atoms with Gasteiger partial charge in [-0.25, -0.2) is 18.4 Å². The van der Waals surface area contributed by atoms with Crippen molar-refractivity contribution in [3.05, 3.63) is 64.6 Å². The minimum absolute atomic E-state index is 0.000837. The number of hydrogen-bond acceptors (Lipinski definition) is 11. The number of carboxylic acids is 1. The summed E-state index contributed by atoms with van der Waals surface area (Å²) in [5.41, 5.74) is 10.6. The van der Waals surface area contributed by atoms with Crippen molar-refractivity contribution in [2.24, 2.45) is 11.7 Å². The van der Waals surface area contributed by atoms with Crippen LogP contribution in [0.15, 0.2) is 41.6 Å². The molecule has 1 unspecified atom stereocenters.